The predicted molar refractivity (Wildman–Crippen MR) is 90.6 cm³/mol. The Morgan fingerprint density at radius 1 is 1.09 bits per heavy atom. The van der Waals surface area contributed by atoms with Crippen LogP contribution in [0.3, 0.4) is 0 Å². The Labute approximate surface area is 144 Å². The lowest BCUT2D eigenvalue weighted by molar-refractivity contribution is 0.436. The van der Waals surface area contributed by atoms with Gasteiger partial charge in [0.2, 0.25) is 11.8 Å². The first-order chi connectivity index (χ1) is 11.1. The first-order valence-electron chi connectivity index (χ1n) is 7.16. The molecule has 1 atom stereocenters. The van der Waals surface area contributed by atoms with Crippen LogP contribution in [0, 0.1) is 6.92 Å². The minimum absolute atomic E-state index is 0.130. The molecule has 6 heteroatoms. The van der Waals surface area contributed by atoms with Gasteiger partial charge in [0.1, 0.15) is 0 Å². The first kappa shape index (κ1) is 16.0. The van der Waals surface area contributed by atoms with E-state index >= 15 is 0 Å². The molecule has 23 heavy (non-hydrogen) atoms. The second kappa shape index (κ2) is 7.13. The van der Waals surface area contributed by atoms with Gasteiger partial charge in [0.05, 0.1) is 12.6 Å². The molecule has 0 amide bonds. The van der Waals surface area contributed by atoms with E-state index in [4.69, 9.17) is 27.6 Å². The molecule has 1 aromatic heterocycles. The predicted octanol–water partition coefficient (Wildman–Crippen LogP) is 4.56. The largest absolute Gasteiger partial charge is 0.424 e. The minimum Gasteiger partial charge on any atom is -0.424 e. The summed E-state index contributed by atoms with van der Waals surface area (Å²) in [6.07, 6.45) is 0. The third-order valence-corrected chi connectivity index (χ3v) is 4.01. The average Bonchev–Trinajstić information content (AvgIpc) is 2.97. The van der Waals surface area contributed by atoms with Crippen molar-refractivity contribution in [3.05, 3.63) is 81.5 Å². The van der Waals surface area contributed by atoms with Crippen LogP contribution in [0.4, 0.5) is 0 Å². The normalized spacial score (nSPS) is 12.3. The summed E-state index contributed by atoms with van der Waals surface area (Å²) >= 11 is 12.5. The van der Waals surface area contributed by atoms with Crippen LogP contribution in [0.15, 0.2) is 52.9 Å². The molecule has 0 fully saturated rings. The minimum atomic E-state index is -0.130. The number of halogens is 2. The molecule has 0 spiro atoms. The van der Waals surface area contributed by atoms with Gasteiger partial charge in [-0.2, -0.15) is 0 Å². The SMILES string of the molecule is Cc1nnc(CN[C@H](c2ccccc2)c2cc(Cl)ccc2Cl)o1. The Morgan fingerprint density at radius 3 is 2.57 bits per heavy atom. The molecule has 0 aliphatic carbocycles. The number of hydrogen-bond acceptors (Lipinski definition) is 4. The van der Waals surface area contributed by atoms with Crippen LogP contribution >= 0.6 is 23.2 Å². The Kier molecular flexibility index (Phi) is 4.96. The lowest BCUT2D eigenvalue weighted by Gasteiger charge is -2.20. The monoisotopic (exact) mass is 347 g/mol. The lowest BCUT2D eigenvalue weighted by Crippen LogP contribution is -2.22. The second-order valence-electron chi connectivity index (χ2n) is 5.11. The smallest absolute Gasteiger partial charge is 0.230 e. The van der Waals surface area contributed by atoms with E-state index in [0.29, 0.717) is 28.4 Å². The third kappa shape index (κ3) is 3.91. The van der Waals surface area contributed by atoms with E-state index in [0.717, 1.165) is 11.1 Å². The number of benzene rings is 2. The molecule has 0 aliphatic rings. The molecule has 1 N–H and O–H groups in total. The summed E-state index contributed by atoms with van der Waals surface area (Å²) in [5.41, 5.74) is 1.98. The maximum Gasteiger partial charge on any atom is 0.230 e. The van der Waals surface area contributed by atoms with Crippen molar-refractivity contribution in [2.75, 3.05) is 0 Å². The van der Waals surface area contributed by atoms with E-state index in [1.165, 1.54) is 0 Å². The Balaban J connectivity index is 1.92. The summed E-state index contributed by atoms with van der Waals surface area (Å²) in [5.74, 6) is 1.07. The molecule has 3 aromatic rings. The maximum absolute atomic E-state index is 6.38. The molecule has 0 saturated heterocycles. The van der Waals surface area contributed by atoms with Gasteiger partial charge in [-0.25, -0.2) is 0 Å². The van der Waals surface area contributed by atoms with Crippen LogP contribution in [0.2, 0.25) is 10.0 Å². The number of aryl methyl sites for hydroxylation is 1. The fraction of sp³-hybridized carbons (Fsp3) is 0.176. The van der Waals surface area contributed by atoms with Crippen LogP contribution in [-0.2, 0) is 6.54 Å². The van der Waals surface area contributed by atoms with Gasteiger partial charge in [-0.15, -0.1) is 10.2 Å². The highest BCUT2D eigenvalue weighted by Gasteiger charge is 2.18. The number of hydrogen-bond donors (Lipinski definition) is 1. The summed E-state index contributed by atoms with van der Waals surface area (Å²) in [4.78, 5) is 0. The molecule has 2 aromatic carbocycles. The average molecular weight is 348 g/mol. The van der Waals surface area contributed by atoms with Gasteiger partial charge in [-0.3, -0.25) is 5.32 Å². The number of aromatic nitrogens is 2. The molecule has 3 rings (SSSR count). The van der Waals surface area contributed by atoms with E-state index < -0.39 is 0 Å². The maximum atomic E-state index is 6.38. The van der Waals surface area contributed by atoms with Crippen molar-refractivity contribution in [3.8, 4) is 0 Å². The van der Waals surface area contributed by atoms with Crippen molar-refractivity contribution in [2.24, 2.45) is 0 Å². The van der Waals surface area contributed by atoms with Gasteiger partial charge >= 0.3 is 0 Å². The zero-order chi connectivity index (χ0) is 16.2. The molecule has 4 nitrogen and oxygen atoms in total. The lowest BCUT2D eigenvalue weighted by atomic mass is 9.98. The van der Waals surface area contributed by atoms with E-state index in [1.807, 2.05) is 36.4 Å². The zero-order valence-electron chi connectivity index (χ0n) is 12.5. The quantitative estimate of drug-likeness (QED) is 0.734. The highest BCUT2D eigenvalue weighted by molar-refractivity contribution is 6.33. The zero-order valence-corrected chi connectivity index (χ0v) is 14.0. The molecule has 118 valence electrons. The summed E-state index contributed by atoms with van der Waals surface area (Å²) in [6, 6.07) is 15.3. The van der Waals surface area contributed by atoms with Crippen molar-refractivity contribution in [2.45, 2.75) is 19.5 Å². The van der Waals surface area contributed by atoms with Gasteiger partial charge in [-0.05, 0) is 29.3 Å². The van der Waals surface area contributed by atoms with Gasteiger partial charge in [-0.1, -0.05) is 53.5 Å². The van der Waals surface area contributed by atoms with Crippen LogP contribution in [0.25, 0.3) is 0 Å². The summed E-state index contributed by atoms with van der Waals surface area (Å²) < 4.78 is 5.42. The highest BCUT2D eigenvalue weighted by Crippen LogP contribution is 2.31. The Bertz CT molecular complexity index is 790. The van der Waals surface area contributed by atoms with Gasteiger partial charge in [0.25, 0.3) is 0 Å². The highest BCUT2D eigenvalue weighted by atomic mass is 35.5. The molecule has 0 aliphatic heterocycles. The van der Waals surface area contributed by atoms with Crippen LogP contribution in [0.1, 0.15) is 29.0 Å². The van der Waals surface area contributed by atoms with Gasteiger partial charge < -0.3 is 4.42 Å². The van der Waals surface area contributed by atoms with E-state index in [2.05, 4.69) is 15.5 Å². The molecule has 0 unspecified atom stereocenters. The number of rotatable bonds is 5. The van der Waals surface area contributed by atoms with E-state index in [-0.39, 0.29) is 6.04 Å². The van der Waals surface area contributed by atoms with Crippen molar-refractivity contribution in [3.63, 3.8) is 0 Å². The van der Waals surface area contributed by atoms with Crippen molar-refractivity contribution in [1.82, 2.24) is 15.5 Å². The second-order valence-corrected chi connectivity index (χ2v) is 5.95. The van der Waals surface area contributed by atoms with Crippen LogP contribution < -0.4 is 5.32 Å². The number of nitrogens with one attached hydrogen (secondary N) is 1. The van der Waals surface area contributed by atoms with Crippen molar-refractivity contribution in [1.29, 1.82) is 0 Å². The molecule has 1 heterocycles. The third-order valence-electron chi connectivity index (χ3n) is 3.43. The van der Waals surface area contributed by atoms with Crippen molar-refractivity contribution < 1.29 is 4.42 Å². The fourth-order valence-corrected chi connectivity index (χ4v) is 2.79. The van der Waals surface area contributed by atoms with E-state index in [1.54, 1.807) is 19.1 Å². The van der Waals surface area contributed by atoms with Crippen LogP contribution in [0.5, 0.6) is 0 Å². The standard InChI is InChI=1S/C17H15Cl2N3O/c1-11-21-22-16(23-11)10-20-17(12-5-3-2-4-6-12)14-9-13(18)7-8-15(14)19/h2-9,17,20H,10H2,1H3/t17-/m1/s1. The molecule has 0 saturated carbocycles. The van der Waals surface area contributed by atoms with Crippen LogP contribution in [-0.4, -0.2) is 10.2 Å². The number of nitrogens with zero attached hydrogens (tertiary/aromatic N) is 2. The summed E-state index contributed by atoms with van der Waals surface area (Å²) in [7, 11) is 0. The topological polar surface area (TPSA) is 51.0 Å². The fourth-order valence-electron chi connectivity index (χ4n) is 2.39. The summed E-state index contributed by atoms with van der Waals surface area (Å²) in [6.45, 7) is 2.20. The molecular weight excluding hydrogens is 333 g/mol. The molecule has 0 bridgehead atoms. The van der Waals surface area contributed by atoms with Crippen molar-refractivity contribution >= 4 is 23.2 Å². The Hall–Kier alpha value is -1.88. The van der Waals surface area contributed by atoms with E-state index in [9.17, 15) is 0 Å². The molecular formula is C17H15Cl2N3O. The first-order valence-corrected chi connectivity index (χ1v) is 7.91. The van der Waals surface area contributed by atoms with Gasteiger partial charge in [0, 0.05) is 17.0 Å². The Morgan fingerprint density at radius 2 is 1.87 bits per heavy atom. The van der Waals surface area contributed by atoms with Gasteiger partial charge in [0.15, 0.2) is 0 Å². The molecule has 0 radical (unpaired) electrons. The summed E-state index contributed by atoms with van der Waals surface area (Å²) in [5, 5.41) is 12.5.